The van der Waals surface area contributed by atoms with Crippen molar-refractivity contribution in [3.63, 3.8) is 0 Å². The zero-order chi connectivity index (χ0) is 25.7. The number of carbonyl (C=O) groups is 2. The third kappa shape index (κ3) is 5.68. The van der Waals surface area contributed by atoms with Crippen molar-refractivity contribution in [3.05, 3.63) is 83.4 Å². The summed E-state index contributed by atoms with van der Waals surface area (Å²) in [7, 11) is 0. The molecule has 4 aromatic rings. The summed E-state index contributed by atoms with van der Waals surface area (Å²) < 4.78 is 15.5. The van der Waals surface area contributed by atoms with E-state index in [4.69, 9.17) is 11.6 Å². The van der Waals surface area contributed by atoms with E-state index in [1.807, 2.05) is 12.1 Å². The van der Waals surface area contributed by atoms with Gasteiger partial charge in [-0.25, -0.2) is 9.07 Å². The standard InChI is InChI=1S/C26H26ClFN6O2/c1-17(2)9-14-30-26(36)25(18-10-12-29-13-11-18)34(19-7-8-21(28)20(27)15-19)24(35)16-33-23-6-4-3-5-22(23)31-32-33/h3-8,10-13,15,17,25H,9,14,16H2,1-2H3,(H,30,36)/t25-/m1/s1. The molecule has 0 spiro atoms. The molecule has 2 aromatic carbocycles. The van der Waals surface area contributed by atoms with E-state index in [1.54, 1.807) is 36.7 Å². The Labute approximate surface area is 213 Å². The molecule has 8 nitrogen and oxygen atoms in total. The van der Waals surface area contributed by atoms with Crippen molar-refractivity contribution in [1.82, 2.24) is 25.3 Å². The molecular formula is C26H26ClFN6O2. The predicted octanol–water partition coefficient (Wildman–Crippen LogP) is 4.56. The van der Waals surface area contributed by atoms with E-state index in [2.05, 4.69) is 34.5 Å². The molecule has 4 rings (SSSR count). The van der Waals surface area contributed by atoms with Crippen LogP contribution in [0.2, 0.25) is 5.02 Å². The summed E-state index contributed by atoms with van der Waals surface area (Å²) in [6.07, 6.45) is 3.87. The van der Waals surface area contributed by atoms with E-state index >= 15 is 0 Å². The summed E-state index contributed by atoms with van der Waals surface area (Å²) in [6.45, 7) is 4.37. The van der Waals surface area contributed by atoms with Crippen LogP contribution in [0.15, 0.2) is 67.0 Å². The maximum Gasteiger partial charge on any atom is 0.249 e. The van der Waals surface area contributed by atoms with Gasteiger partial charge in [-0.3, -0.25) is 19.5 Å². The largest absolute Gasteiger partial charge is 0.354 e. The van der Waals surface area contributed by atoms with Crippen LogP contribution in [0.5, 0.6) is 0 Å². The molecule has 10 heteroatoms. The summed E-state index contributed by atoms with van der Waals surface area (Å²) in [4.78, 5) is 32.8. The second-order valence-electron chi connectivity index (χ2n) is 8.75. The summed E-state index contributed by atoms with van der Waals surface area (Å²) in [5.74, 6) is -1.07. The molecule has 2 aromatic heterocycles. The summed E-state index contributed by atoms with van der Waals surface area (Å²) in [5.41, 5.74) is 2.13. The van der Waals surface area contributed by atoms with Crippen LogP contribution in [0.3, 0.4) is 0 Å². The molecule has 0 aliphatic heterocycles. The number of para-hydroxylation sites is 1. The van der Waals surface area contributed by atoms with Crippen molar-refractivity contribution in [2.45, 2.75) is 32.9 Å². The Kier molecular flexibility index (Phi) is 7.90. The average Bonchev–Trinajstić information content (AvgIpc) is 3.27. The van der Waals surface area contributed by atoms with Crippen molar-refractivity contribution in [2.75, 3.05) is 11.4 Å². The van der Waals surface area contributed by atoms with Gasteiger partial charge in [0.2, 0.25) is 11.8 Å². The number of amides is 2. The highest BCUT2D eigenvalue weighted by atomic mass is 35.5. The SMILES string of the molecule is CC(C)CCNC(=O)[C@@H](c1ccncc1)N(C(=O)Cn1nnc2ccccc21)c1ccc(F)c(Cl)c1. The molecule has 0 fully saturated rings. The molecule has 0 unspecified atom stereocenters. The van der Waals surface area contributed by atoms with E-state index in [-0.39, 0.29) is 23.2 Å². The molecule has 36 heavy (non-hydrogen) atoms. The lowest BCUT2D eigenvalue weighted by Crippen LogP contribution is -2.45. The second kappa shape index (κ2) is 11.3. The highest BCUT2D eigenvalue weighted by Gasteiger charge is 2.33. The van der Waals surface area contributed by atoms with Gasteiger partial charge in [0.05, 0.1) is 10.5 Å². The number of halogens is 2. The average molecular weight is 509 g/mol. The number of hydrogen-bond acceptors (Lipinski definition) is 5. The number of pyridine rings is 1. The van der Waals surface area contributed by atoms with Gasteiger partial charge in [-0.2, -0.15) is 0 Å². The van der Waals surface area contributed by atoms with Crippen LogP contribution in [0.1, 0.15) is 31.9 Å². The fourth-order valence-corrected chi connectivity index (χ4v) is 4.03. The van der Waals surface area contributed by atoms with E-state index in [0.29, 0.717) is 29.1 Å². The maximum absolute atomic E-state index is 14.0. The smallest absolute Gasteiger partial charge is 0.249 e. The normalized spacial score (nSPS) is 12.0. The topological polar surface area (TPSA) is 93.0 Å². The minimum atomic E-state index is -1.05. The molecule has 0 aliphatic carbocycles. The molecule has 1 atom stereocenters. The molecule has 2 heterocycles. The van der Waals surface area contributed by atoms with Crippen LogP contribution in [0, 0.1) is 11.7 Å². The number of benzene rings is 2. The zero-order valence-corrected chi connectivity index (χ0v) is 20.7. The molecule has 0 aliphatic rings. The molecular weight excluding hydrogens is 483 g/mol. The van der Waals surface area contributed by atoms with Crippen LogP contribution in [-0.4, -0.2) is 38.3 Å². The fourth-order valence-electron chi connectivity index (χ4n) is 3.85. The fraction of sp³-hybridized carbons (Fsp3) is 0.269. The van der Waals surface area contributed by atoms with E-state index in [9.17, 15) is 14.0 Å². The maximum atomic E-state index is 14.0. The molecule has 0 radical (unpaired) electrons. The number of fused-ring (bicyclic) bond motifs is 1. The molecule has 0 saturated heterocycles. The van der Waals surface area contributed by atoms with Crippen molar-refractivity contribution < 1.29 is 14.0 Å². The number of aromatic nitrogens is 4. The molecule has 186 valence electrons. The molecule has 0 bridgehead atoms. The van der Waals surface area contributed by atoms with Gasteiger partial charge in [-0.1, -0.05) is 42.8 Å². The number of anilines is 1. The van der Waals surface area contributed by atoms with Gasteiger partial charge in [0.25, 0.3) is 0 Å². The molecule has 0 saturated carbocycles. The van der Waals surface area contributed by atoms with Crippen molar-refractivity contribution >= 4 is 40.1 Å². The lowest BCUT2D eigenvalue weighted by Gasteiger charge is -2.31. The molecule has 1 N–H and O–H groups in total. The number of nitrogens with one attached hydrogen (secondary N) is 1. The van der Waals surface area contributed by atoms with Gasteiger partial charge in [0.15, 0.2) is 0 Å². The van der Waals surface area contributed by atoms with Gasteiger partial charge < -0.3 is 5.32 Å². The number of hydrogen-bond donors (Lipinski definition) is 1. The Morgan fingerprint density at radius 2 is 1.86 bits per heavy atom. The van der Waals surface area contributed by atoms with E-state index < -0.39 is 17.8 Å². The summed E-state index contributed by atoms with van der Waals surface area (Å²) in [6, 6.07) is 13.5. The van der Waals surface area contributed by atoms with Crippen molar-refractivity contribution in [1.29, 1.82) is 0 Å². The number of nitrogens with zero attached hydrogens (tertiary/aromatic N) is 5. The van der Waals surface area contributed by atoms with Gasteiger partial charge in [-0.15, -0.1) is 5.10 Å². The Bertz CT molecular complexity index is 1360. The van der Waals surface area contributed by atoms with Gasteiger partial charge in [0, 0.05) is 24.6 Å². The first-order valence-corrected chi connectivity index (χ1v) is 12.0. The first-order chi connectivity index (χ1) is 17.3. The van der Waals surface area contributed by atoms with Crippen molar-refractivity contribution in [2.24, 2.45) is 5.92 Å². The predicted molar refractivity (Wildman–Crippen MR) is 136 cm³/mol. The Morgan fingerprint density at radius 1 is 1.11 bits per heavy atom. The van der Waals surface area contributed by atoms with Crippen molar-refractivity contribution in [3.8, 4) is 0 Å². The number of carbonyl (C=O) groups excluding carboxylic acids is 2. The summed E-state index contributed by atoms with van der Waals surface area (Å²) >= 11 is 6.08. The van der Waals surface area contributed by atoms with Crippen LogP contribution in [-0.2, 0) is 16.1 Å². The highest BCUT2D eigenvalue weighted by Crippen LogP contribution is 2.31. The second-order valence-corrected chi connectivity index (χ2v) is 9.16. The minimum absolute atomic E-state index is 0.162. The van der Waals surface area contributed by atoms with Crippen LogP contribution in [0.4, 0.5) is 10.1 Å². The highest BCUT2D eigenvalue weighted by molar-refractivity contribution is 6.31. The first-order valence-electron chi connectivity index (χ1n) is 11.6. The first kappa shape index (κ1) is 25.2. The van der Waals surface area contributed by atoms with Crippen LogP contribution >= 0.6 is 11.6 Å². The van der Waals surface area contributed by atoms with E-state index in [1.165, 1.54) is 27.8 Å². The monoisotopic (exact) mass is 508 g/mol. The quantitative estimate of drug-likeness (QED) is 0.358. The zero-order valence-electron chi connectivity index (χ0n) is 19.9. The molecule has 2 amide bonds. The third-order valence-electron chi connectivity index (χ3n) is 5.70. The van der Waals surface area contributed by atoms with Gasteiger partial charge in [0.1, 0.15) is 23.9 Å². The van der Waals surface area contributed by atoms with Crippen LogP contribution < -0.4 is 10.2 Å². The number of rotatable bonds is 9. The summed E-state index contributed by atoms with van der Waals surface area (Å²) in [5, 5.41) is 11.0. The lowest BCUT2D eigenvalue weighted by atomic mass is 10.0. The lowest BCUT2D eigenvalue weighted by molar-refractivity contribution is -0.127. The Morgan fingerprint density at radius 3 is 2.58 bits per heavy atom. The Balaban J connectivity index is 1.77. The van der Waals surface area contributed by atoms with E-state index in [0.717, 1.165) is 6.42 Å². The third-order valence-corrected chi connectivity index (χ3v) is 5.99. The van der Waals surface area contributed by atoms with Gasteiger partial charge >= 0.3 is 0 Å². The Hall–Kier alpha value is -3.85. The minimum Gasteiger partial charge on any atom is -0.354 e. The van der Waals surface area contributed by atoms with Gasteiger partial charge in [-0.05, 0) is 60.4 Å². The van der Waals surface area contributed by atoms with Crippen LogP contribution in [0.25, 0.3) is 11.0 Å².